The van der Waals surface area contributed by atoms with E-state index in [-0.39, 0.29) is 25.0 Å². The van der Waals surface area contributed by atoms with E-state index in [4.69, 9.17) is 25.8 Å². The number of hydrogen-bond acceptors (Lipinski definition) is 6. The van der Waals surface area contributed by atoms with Gasteiger partial charge in [-0.3, -0.25) is 4.79 Å². The summed E-state index contributed by atoms with van der Waals surface area (Å²) in [5.74, 6) is -1.24. The summed E-state index contributed by atoms with van der Waals surface area (Å²) >= 11 is 6.69. The van der Waals surface area contributed by atoms with Crippen molar-refractivity contribution in [1.82, 2.24) is 9.88 Å². The Morgan fingerprint density at radius 3 is 2.37 bits per heavy atom. The Balaban J connectivity index is 1.26. The van der Waals surface area contributed by atoms with Gasteiger partial charge in [-0.1, -0.05) is 98.2 Å². The number of rotatable bonds is 6. The molecule has 4 atom stereocenters. The van der Waals surface area contributed by atoms with Crippen molar-refractivity contribution in [2.75, 3.05) is 13.1 Å². The van der Waals surface area contributed by atoms with E-state index in [9.17, 15) is 14.4 Å². The summed E-state index contributed by atoms with van der Waals surface area (Å²) in [6.07, 6.45) is 0.208. The minimum absolute atomic E-state index is 0.118. The summed E-state index contributed by atoms with van der Waals surface area (Å²) < 4.78 is 18.0. The first-order valence-electron chi connectivity index (χ1n) is 15.8. The first-order chi connectivity index (χ1) is 22.1. The van der Waals surface area contributed by atoms with Gasteiger partial charge in [0.1, 0.15) is 12.7 Å². The van der Waals surface area contributed by atoms with E-state index in [1.54, 1.807) is 4.90 Å². The highest BCUT2D eigenvalue weighted by atomic mass is 35.5. The molecular formula is C37H37ClN2O6. The topological polar surface area (TPSA) is 97.9 Å². The molecule has 9 heteroatoms. The summed E-state index contributed by atoms with van der Waals surface area (Å²) in [6.45, 7) is 6.34. The second-order valence-electron chi connectivity index (χ2n) is 13.4. The Morgan fingerprint density at radius 2 is 1.70 bits per heavy atom. The number of nitrogens with zero attached hydrogens (tertiary/aromatic N) is 1. The van der Waals surface area contributed by atoms with Crippen molar-refractivity contribution in [3.8, 4) is 11.3 Å². The van der Waals surface area contributed by atoms with Gasteiger partial charge in [0.2, 0.25) is 5.60 Å². The number of carbonyl (C=O) groups excluding carboxylic acids is 3. The molecule has 1 aliphatic carbocycles. The van der Waals surface area contributed by atoms with Crippen LogP contribution in [0.2, 0.25) is 5.02 Å². The van der Waals surface area contributed by atoms with E-state index in [2.05, 4.69) is 4.98 Å². The average molecular weight is 641 g/mol. The second kappa shape index (κ2) is 11.2. The van der Waals surface area contributed by atoms with Crippen LogP contribution in [0.5, 0.6) is 0 Å². The molecule has 0 unspecified atom stereocenters. The van der Waals surface area contributed by atoms with Gasteiger partial charge in [-0.2, -0.15) is 0 Å². The Hall–Kier alpha value is -4.30. The molecule has 1 amide bonds. The van der Waals surface area contributed by atoms with E-state index in [1.165, 1.54) is 0 Å². The van der Waals surface area contributed by atoms with Crippen LogP contribution < -0.4 is 0 Å². The third kappa shape index (κ3) is 4.60. The maximum atomic E-state index is 14.3. The van der Waals surface area contributed by atoms with Crippen LogP contribution >= 0.6 is 11.6 Å². The number of amides is 1. The smallest absolute Gasteiger partial charge is 0.410 e. The lowest BCUT2D eigenvalue weighted by Crippen LogP contribution is -2.53. The van der Waals surface area contributed by atoms with Crippen LogP contribution in [-0.2, 0) is 30.4 Å². The first kappa shape index (κ1) is 30.4. The number of fused-ring (bicyclic) bond motifs is 3. The van der Waals surface area contributed by atoms with Gasteiger partial charge < -0.3 is 24.1 Å². The normalized spacial score (nSPS) is 26.6. The van der Waals surface area contributed by atoms with E-state index in [0.29, 0.717) is 30.8 Å². The Kier molecular flexibility index (Phi) is 7.39. The molecule has 3 fully saturated rings. The Bertz CT molecular complexity index is 1820. The van der Waals surface area contributed by atoms with Crippen molar-refractivity contribution < 1.29 is 28.6 Å². The molecule has 2 aliphatic heterocycles. The maximum absolute atomic E-state index is 14.3. The molecule has 1 aromatic heterocycles. The van der Waals surface area contributed by atoms with Gasteiger partial charge in [0.25, 0.3) is 0 Å². The predicted octanol–water partition coefficient (Wildman–Crippen LogP) is 7.65. The lowest BCUT2D eigenvalue weighted by molar-refractivity contribution is -0.189. The zero-order valence-corrected chi connectivity index (χ0v) is 26.9. The minimum atomic E-state index is -1.40. The average Bonchev–Trinajstić information content (AvgIpc) is 3.60. The number of H-pyrrole nitrogens is 1. The fourth-order valence-corrected chi connectivity index (χ4v) is 7.92. The molecular weight excluding hydrogens is 604 g/mol. The summed E-state index contributed by atoms with van der Waals surface area (Å²) in [5, 5.41) is 1.51. The van der Waals surface area contributed by atoms with E-state index < -0.39 is 34.6 Å². The zero-order valence-electron chi connectivity index (χ0n) is 26.2. The molecule has 3 aromatic carbocycles. The molecule has 7 rings (SSSR count). The van der Waals surface area contributed by atoms with Gasteiger partial charge in [0, 0.05) is 23.3 Å². The number of likely N-dealkylation sites (tertiary alicyclic amines) is 1. The number of aromatic amines is 1. The summed E-state index contributed by atoms with van der Waals surface area (Å²) in [7, 11) is 0. The Morgan fingerprint density at radius 1 is 0.978 bits per heavy atom. The van der Waals surface area contributed by atoms with Gasteiger partial charge in [0.15, 0.2) is 0 Å². The second-order valence-corrected chi connectivity index (χ2v) is 13.8. The molecule has 3 aliphatic rings. The largest absolute Gasteiger partial charge is 0.457 e. The van der Waals surface area contributed by atoms with Crippen LogP contribution in [0, 0.1) is 10.8 Å². The number of carbonyl (C=O) groups is 3. The summed E-state index contributed by atoms with van der Waals surface area (Å²) in [6, 6.07) is 25.2. The number of aromatic nitrogens is 1. The van der Waals surface area contributed by atoms with E-state index >= 15 is 0 Å². The van der Waals surface area contributed by atoms with Crippen molar-refractivity contribution in [1.29, 1.82) is 0 Å². The third-order valence-electron chi connectivity index (χ3n) is 11.0. The molecule has 4 aromatic rings. The quantitative estimate of drug-likeness (QED) is 0.172. The lowest BCUT2D eigenvalue weighted by atomic mass is 9.66. The molecule has 46 heavy (non-hydrogen) atoms. The highest BCUT2D eigenvalue weighted by Gasteiger charge is 2.76. The molecule has 1 N–H and O–H groups in total. The zero-order chi connectivity index (χ0) is 32.3. The summed E-state index contributed by atoms with van der Waals surface area (Å²) in [5.41, 5.74) is 1.55. The predicted molar refractivity (Wildman–Crippen MR) is 174 cm³/mol. The molecule has 2 bridgehead atoms. The number of hydrogen-bond donors (Lipinski definition) is 1. The molecule has 8 nitrogen and oxygen atoms in total. The van der Waals surface area contributed by atoms with Crippen molar-refractivity contribution in [2.24, 2.45) is 10.8 Å². The Labute approximate surface area is 273 Å². The van der Waals surface area contributed by atoms with E-state index in [1.807, 2.05) is 99.6 Å². The third-order valence-corrected chi connectivity index (χ3v) is 11.3. The van der Waals surface area contributed by atoms with Crippen LogP contribution in [0.25, 0.3) is 22.2 Å². The number of halogens is 1. The SMILES string of the molecule is CC1(C)[C@@]2(C(=O)O[C@@H]3CN(C(=O)OCc4ccccc4)CC[C@H]3c3c(-c4ccccc4)[nH]c4c(Cl)cccc34)CC[C@]1(C)C(=O)O2. The fraction of sp³-hybridized carbons (Fsp3) is 0.378. The highest BCUT2D eigenvalue weighted by Crippen LogP contribution is 2.66. The molecule has 0 spiro atoms. The van der Waals surface area contributed by atoms with Gasteiger partial charge >= 0.3 is 18.0 Å². The van der Waals surface area contributed by atoms with Gasteiger partial charge in [-0.25, -0.2) is 9.59 Å². The molecule has 238 valence electrons. The van der Waals surface area contributed by atoms with Crippen LogP contribution in [-0.4, -0.2) is 52.7 Å². The summed E-state index contributed by atoms with van der Waals surface area (Å²) in [4.78, 5) is 45.9. The first-order valence-corrected chi connectivity index (χ1v) is 16.2. The number of nitrogens with one attached hydrogen (secondary N) is 1. The fourth-order valence-electron chi connectivity index (χ4n) is 7.70. The number of piperidine rings is 1. The molecule has 3 heterocycles. The number of esters is 2. The molecule has 0 radical (unpaired) electrons. The van der Waals surface area contributed by atoms with Crippen molar-refractivity contribution >= 4 is 40.5 Å². The van der Waals surface area contributed by atoms with Gasteiger partial charge in [-0.15, -0.1) is 0 Å². The van der Waals surface area contributed by atoms with Crippen LogP contribution in [0.3, 0.4) is 0 Å². The standard InChI is InChI=1S/C37H37ClN2O6/c1-35(2)36(3)18-19-37(35,46-32(36)41)33(42)45-28-21-40(34(43)44-22-23-11-6-4-7-12-23)20-17-25(28)29-26-15-10-16-27(38)31(26)39-30(29)24-13-8-5-9-14-24/h4-16,25,28,39H,17-22H2,1-3H3/t25-,28-,36-,37+/m1/s1. The number of para-hydroxylation sites is 1. The van der Waals surface area contributed by atoms with Crippen molar-refractivity contribution in [3.05, 3.63) is 95.0 Å². The minimum Gasteiger partial charge on any atom is -0.457 e. The maximum Gasteiger partial charge on any atom is 0.410 e. The van der Waals surface area contributed by atoms with Crippen LogP contribution in [0.1, 0.15) is 57.1 Å². The van der Waals surface area contributed by atoms with Crippen molar-refractivity contribution in [3.63, 3.8) is 0 Å². The van der Waals surface area contributed by atoms with Gasteiger partial charge in [0.05, 0.1) is 28.2 Å². The number of benzene rings is 3. The number of ether oxygens (including phenoxy) is 3. The van der Waals surface area contributed by atoms with Gasteiger partial charge in [-0.05, 0) is 48.9 Å². The molecule has 2 saturated heterocycles. The highest BCUT2D eigenvalue weighted by molar-refractivity contribution is 6.35. The molecule has 1 saturated carbocycles. The van der Waals surface area contributed by atoms with E-state index in [0.717, 1.165) is 33.3 Å². The van der Waals surface area contributed by atoms with Crippen molar-refractivity contribution in [2.45, 2.75) is 64.3 Å². The monoisotopic (exact) mass is 640 g/mol. The van der Waals surface area contributed by atoms with Crippen LogP contribution in [0.4, 0.5) is 4.79 Å². The lowest BCUT2D eigenvalue weighted by Gasteiger charge is -2.41. The van der Waals surface area contributed by atoms with Crippen LogP contribution in [0.15, 0.2) is 78.9 Å².